The van der Waals surface area contributed by atoms with E-state index in [1.165, 1.54) is 10.4 Å². The lowest BCUT2D eigenvalue weighted by molar-refractivity contribution is -0.166. The number of benzene rings is 3. The van der Waals surface area contributed by atoms with Crippen LogP contribution in [-0.4, -0.2) is 47.4 Å². The van der Waals surface area contributed by atoms with E-state index in [2.05, 4.69) is 79.6 Å². The largest absolute Gasteiger partial charge is 0.399 e. The minimum Gasteiger partial charge on any atom is -0.399 e. The van der Waals surface area contributed by atoms with Gasteiger partial charge in [-0.2, -0.15) is 4.98 Å². The molecule has 8 nitrogen and oxygen atoms in total. The highest BCUT2D eigenvalue weighted by atomic mass is 28.4. The fraction of sp³-hybridized carbons (Fsp3) is 0.361. The van der Waals surface area contributed by atoms with Crippen molar-refractivity contribution in [2.24, 2.45) is 5.92 Å². The van der Waals surface area contributed by atoms with Gasteiger partial charge in [-0.05, 0) is 53.9 Å². The number of aromatic nitrogens is 2. The van der Waals surface area contributed by atoms with Gasteiger partial charge in [0.05, 0.1) is 11.6 Å². The predicted molar refractivity (Wildman–Crippen MR) is 175 cm³/mol. The Balaban J connectivity index is 1.28. The van der Waals surface area contributed by atoms with Gasteiger partial charge >= 0.3 is 5.69 Å². The summed E-state index contributed by atoms with van der Waals surface area (Å²) in [4.78, 5) is 30.6. The van der Waals surface area contributed by atoms with Crippen LogP contribution in [0, 0.1) is 5.92 Å². The Bertz CT molecular complexity index is 1730. The van der Waals surface area contributed by atoms with Crippen molar-refractivity contribution in [1.82, 2.24) is 9.55 Å². The summed E-state index contributed by atoms with van der Waals surface area (Å²) in [6, 6.07) is 31.4. The number of anilines is 1. The lowest BCUT2D eigenvalue weighted by atomic mass is 10.1. The maximum Gasteiger partial charge on any atom is 0.349 e. The Kier molecular flexibility index (Phi) is 7.01. The fourth-order valence-electron chi connectivity index (χ4n) is 7.62. The molecule has 0 spiro atoms. The summed E-state index contributed by atoms with van der Waals surface area (Å²) in [6.07, 6.45) is 1.68. The SMILES string of the molecule is CC1(C)O[C@H]2[C@H](n3ccc(NC(=O)c4ccccc4)nc3=O)[C@H]3C[C@@]3(O[Si](c3ccccc3)(c3ccccc3)C(C)(C)C)[C@H]2O1. The quantitative estimate of drug-likeness (QED) is 0.295. The van der Waals surface area contributed by atoms with Crippen molar-refractivity contribution in [2.75, 3.05) is 5.32 Å². The number of rotatable bonds is 7. The summed E-state index contributed by atoms with van der Waals surface area (Å²) in [5.41, 5.74) is -0.608. The van der Waals surface area contributed by atoms with Crippen LogP contribution in [0.5, 0.6) is 0 Å². The smallest absolute Gasteiger partial charge is 0.349 e. The monoisotopic (exact) mass is 621 g/mol. The van der Waals surface area contributed by atoms with Crippen LogP contribution < -0.4 is 21.4 Å². The molecule has 2 heterocycles. The summed E-state index contributed by atoms with van der Waals surface area (Å²) >= 11 is 0. The van der Waals surface area contributed by atoms with Crippen molar-refractivity contribution in [3.8, 4) is 0 Å². The van der Waals surface area contributed by atoms with Crippen LogP contribution in [-0.2, 0) is 13.9 Å². The van der Waals surface area contributed by atoms with Crippen molar-refractivity contribution in [3.05, 3.63) is 119 Å². The van der Waals surface area contributed by atoms with E-state index in [1.54, 1.807) is 41.1 Å². The molecule has 1 N–H and O–H groups in total. The van der Waals surface area contributed by atoms with Crippen molar-refractivity contribution < 1.29 is 18.7 Å². The Labute approximate surface area is 264 Å². The molecule has 1 amide bonds. The molecule has 3 fully saturated rings. The van der Waals surface area contributed by atoms with E-state index in [-0.39, 0.29) is 34.8 Å². The van der Waals surface area contributed by atoms with E-state index in [0.717, 1.165) is 6.42 Å². The first-order chi connectivity index (χ1) is 21.5. The molecule has 45 heavy (non-hydrogen) atoms. The average molecular weight is 622 g/mol. The van der Waals surface area contributed by atoms with Gasteiger partial charge in [0.1, 0.15) is 18.0 Å². The normalized spacial score (nSPS) is 26.6. The molecule has 7 rings (SSSR count). The zero-order chi connectivity index (χ0) is 31.6. The third-order valence-corrected chi connectivity index (χ3v) is 14.6. The maximum absolute atomic E-state index is 13.6. The van der Waals surface area contributed by atoms with Gasteiger partial charge in [-0.15, -0.1) is 0 Å². The van der Waals surface area contributed by atoms with E-state index in [0.29, 0.717) is 5.56 Å². The van der Waals surface area contributed by atoms with E-state index in [1.807, 2.05) is 32.0 Å². The molecule has 0 bridgehead atoms. The van der Waals surface area contributed by atoms with E-state index < -0.39 is 31.5 Å². The lowest BCUT2D eigenvalue weighted by Gasteiger charge is -2.46. The molecule has 2 saturated carbocycles. The highest BCUT2D eigenvalue weighted by molar-refractivity contribution is 6.99. The molecule has 0 unspecified atom stereocenters. The molecule has 4 aromatic rings. The third-order valence-electron chi connectivity index (χ3n) is 9.55. The van der Waals surface area contributed by atoms with Crippen LogP contribution in [0.1, 0.15) is 57.4 Å². The lowest BCUT2D eigenvalue weighted by Crippen LogP contribution is -2.69. The van der Waals surface area contributed by atoms with Crippen LogP contribution in [0.2, 0.25) is 5.04 Å². The summed E-state index contributed by atoms with van der Waals surface area (Å²) in [5, 5.41) is 4.91. The molecule has 1 aromatic heterocycles. The van der Waals surface area contributed by atoms with Crippen LogP contribution in [0.3, 0.4) is 0 Å². The Morgan fingerprint density at radius 2 is 1.49 bits per heavy atom. The summed E-state index contributed by atoms with van der Waals surface area (Å²) in [5.74, 6) is -0.983. The molecule has 232 valence electrons. The van der Waals surface area contributed by atoms with Crippen LogP contribution in [0.15, 0.2) is 108 Å². The standard InChI is InChI=1S/C36H39N3O5Si/c1-34(2,3)45(25-17-11-7-12-18-25,26-19-13-8-14-20-26)44-36-23-27(36)29(30-31(36)43-35(4,5)42-30)39-22-21-28(38-33(39)41)37-32(40)24-15-9-6-10-16-24/h6-22,27,29-31H,23H2,1-5H3,(H,37,38,40,41)/t27-,29-,30+,31+,36+/m1/s1. The van der Waals surface area contributed by atoms with Crippen LogP contribution in [0.25, 0.3) is 0 Å². The molecule has 5 atom stereocenters. The van der Waals surface area contributed by atoms with Gasteiger partial charge in [0.25, 0.3) is 14.2 Å². The average Bonchev–Trinajstić information content (AvgIpc) is 3.55. The van der Waals surface area contributed by atoms with Gasteiger partial charge in [0, 0.05) is 17.7 Å². The second-order valence-electron chi connectivity index (χ2n) is 13.9. The molecule has 9 heteroatoms. The molecule has 0 radical (unpaired) electrons. The predicted octanol–water partition coefficient (Wildman–Crippen LogP) is 4.91. The van der Waals surface area contributed by atoms with Gasteiger partial charge < -0.3 is 19.2 Å². The highest BCUT2D eigenvalue weighted by Crippen LogP contribution is 2.68. The molecule has 3 aliphatic rings. The number of ether oxygens (including phenoxy) is 2. The fourth-order valence-corrected chi connectivity index (χ4v) is 12.5. The van der Waals surface area contributed by atoms with E-state index in [4.69, 9.17) is 13.9 Å². The number of hydrogen-bond donors (Lipinski definition) is 1. The molecule has 3 aromatic carbocycles. The number of hydrogen-bond acceptors (Lipinski definition) is 6. The van der Waals surface area contributed by atoms with Crippen molar-refractivity contribution in [3.63, 3.8) is 0 Å². The van der Waals surface area contributed by atoms with Gasteiger partial charge in [-0.25, -0.2) is 4.79 Å². The molecule has 1 saturated heterocycles. The number of carbonyl (C=O) groups excluding carboxylic acids is 1. The second kappa shape index (κ2) is 10.6. The number of fused-ring (bicyclic) bond motifs is 3. The first kappa shape index (κ1) is 29.8. The van der Waals surface area contributed by atoms with Gasteiger partial charge in [0.15, 0.2) is 5.79 Å². The van der Waals surface area contributed by atoms with Crippen molar-refractivity contribution in [1.29, 1.82) is 0 Å². The Hall–Kier alpha value is -3.89. The van der Waals surface area contributed by atoms with Gasteiger partial charge in [-0.3, -0.25) is 9.36 Å². The topological polar surface area (TPSA) is 91.7 Å². The zero-order valence-corrected chi connectivity index (χ0v) is 27.3. The number of nitrogens with zero attached hydrogens (tertiary/aromatic N) is 2. The minimum absolute atomic E-state index is 0.0190. The highest BCUT2D eigenvalue weighted by Gasteiger charge is 2.79. The number of carbonyl (C=O) groups is 1. The van der Waals surface area contributed by atoms with E-state index >= 15 is 0 Å². The van der Waals surface area contributed by atoms with Crippen molar-refractivity contribution >= 4 is 30.4 Å². The first-order valence-corrected chi connectivity index (χ1v) is 17.5. The third kappa shape index (κ3) is 4.89. The molecule has 1 aliphatic heterocycles. The second-order valence-corrected chi connectivity index (χ2v) is 18.1. The number of nitrogens with one attached hydrogen (secondary N) is 1. The van der Waals surface area contributed by atoms with Crippen LogP contribution >= 0.6 is 0 Å². The zero-order valence-electron chi connectivity index (χ0n) is 26.3. The maximum atomic E-state index is 13.6. The van der Waals surface area contributed by atoms with E-state index in [9.17, 15) is 9.59 Å². The van der Waals surface area contributed by atoms with Crippen LogP contribution in [0.4, 0.5) is 5.82 Å². The number of amides is 1. The molecular formula is C36H39N3O5Si. The minimum atomic E-state index is -2.94. The summed E-state index contributed by atoms with van der Waals surface area (Å²) in [6.45, 7) is 10.6. The molecular weight excluding hydrogens is 582 g/mol. The molecule has 2 aliphatic carbocycles. The first-order valence-electron chi connectivity index (χ1n) is 15.6. The summed E-state index contributed by atoms with van der Waals surface area (Å²) < 4.78 is 22.6. The Morgan fingerprint density at radius 3 is 2.04 bits per heavy atom. The Morgan fingerprint density at radius 1 is 0.911 bits per heavy atom. The van der Waals surface area contributed by atoms with Gasteiger partial charge in [-0.1, -0.05) is 99.6 Å². The van der Waals surface area contributed by atoms with Gasteiger partial charge in [0.2, 0.25) is 0 Å². The summed E-state index contributed by atoms with van der Waals surface area (Å²) in [7, 11) is -2.94. The van der Waals surface area contributed by atoms with Crippen molar-refractivity contribution in [2.45, 2.75) is 75.7 Å².